The van der Waals surface area contributed by atoms with E-state index in [1.165, 1.54) is 4.31 Å². The molecule has 1 aliphatic rings. The van der Waals surface area contributed by atoms with E-state index >= 15 is 0 Å². The number of rotatable bonds is 5. The first-order chi connectivity index (χ1) is 9.94. The summed E-state index contributed by atoms with van der Waals surface area (Å²) >= 11 is 0. The Balaban J connectivity index is 0.00000242. The molecule has 0 radical (unpaired) electrons. The van der Waals surface area contributed by atoms with Crippen molar-refractivity contribution in [2.24, 2.45) is 5.92 Å². The number of carbonyl (C=O) groups excluding carboxylic acids is 1. The van der Waals surface area contributed by atoms with Gasteiger partial charge in [-0.15, -0.1) is 12.4 Å². The Morgan fingerprint density at radius 3 is 2.73 bits per heavy atom. The zero-order chi connectivity index (χ0) is 15.5. The number of halogens is 1. The second-order valence-corrected chi connectivity index (χ2v) is 7.25. The van der Waals surface area contributed by atoms with Crippen molar-refractivity contribution in [2.75, 3.05) is 35.5 Å². The molecule has 8 heteroatoms. The molecule has 1 aliphatic heterocycles. The molecule has 2 N–H and O–H groups in total. The van der Waals surface area contributed by atoms with Gasteiger partial charge in [0.2, 0.25) is 15.9 Å². The lowest BCUT2D eigenvalue weighted by Gasteiger charge is -2.18. The van der Waals surface area contributed by atoms with Crippen molar-refractivity contribution in [3.63, 3.8) is 0 Å². The number of hydrogen-bond donors (Lipinski definition) is 2. The van der Waals surface area contributed by atoms with Crippen molar-refractivity contribution in [2.45, 2.75) is 13.3 Å². The van der Waals surface area contributed by atoms with Gasteiger partial charge in [-0.3, -0.25) is 9.10 Å². The minimum absolute atomic E-state index is 0. The topological polar surface area (TPSA) is 78.5 Å². The molecule has 6 nitrogen and oxygen atoms in total. The first-order valence-electron chi connectivity index (χ1n) is 7.00. The van der Waals surface area contributed by atoms with E-state index < -0.39 is 10.0 Å². The zero-order valence-corrected chi connectivity index (χ0v) is 14.3. The second-order valence-electron chi connectivity index (χ2n) is 5.24. The molecule has 1 aromatic rings. The predicted octanol–water partition coefficient (Wildman–Crippen LogP) is 1.44. The Morgan fingerprint density at radius 1 is 1.41 bits per heavy atom. The summed E-state index contributed by atoms with van der Waals surface area (Å²) in [5, 5.41) is 5.77. The van der Waals surface area contributed by atoms with Gasteiger partial charge < -0.3 is 10.6 Å². The number of hydrogen-bond acceptors (Lipinski definition) is 4. The van der Waals surface area contributed by atoms with Crippen LogP contribution in [0.15, 0.2) is 24.3 Å². The van der Waals surface area contributed by atoms with Crippen LogP contribution in [0.1, 0.15) is 13.3 Å². The Morgan fingerprint density at radius 2 is 2.14 bits per heavy atom. The van der Waals surface area contributed by atoms with E-state index in [-0.39, 0.29) is 30.0 Å². The van der Waals surface area contributed by atoms with Crippen LogP contribution in [0.2, 0.25) is 0 Å². The van der Waals surface area contributed by atoms with Gasteiger partial charge >= 0.3 is 0 Å². The standard InChI is InChI=1S/C14H21N3O3S.ClH/c1-11(10-15-2)14(18)16-12-5-3-6-13(9-12)17-7-4-8-21(17,19)20;/h3,5-6,9,11,15H,4,7-8,10H2,1-2H3,(H,16,18);1H. The molecule has 1 atom stereocenters. The van der Waals surface area contributed by atoms with Crippen LogP contribution in [0.5, 0.6) is 0 Å². The van der Waals surface area contributed by atoms with Gasteiger partial charge in [-0.1, -0.05) is 13.0 Å². The molecule has 0 aromatic heterocycles. The van der Waals surface area contributed by atoms with Crippen LogP contribution in [0.25, 0.3) is 0 Å². The number of sulfonamides is 1. The summed E-state index contributed by atoms with van der Waals surface area (Å²) in [6, 6.07) is 6.96. The van der Waals surface area contributed by atoms with Crippen molar-refractivity contribution in [1.29, 1.82) is 0 Å². The fraction of sp³-hybridized carbons (Fsp3) is 0.500. The molecule has 1 heterocycles. The summed E-state index contributed by atoms with van der Waals surface area (Å²) in [5.74, 6) is -0.0667. The first-order valence-corrected chi connectivity index (χ1v) is 8.61. The van der Waals surface area contributed by atoms with Gasteiger partial charge in [-0.25, -0.2) is 8.42 Å². The lowest BCUT2D eigenvalue weighted by atomic mass is 10.1. The van der Waals surface area contributed by atoms with Crippen LogP contribution >= 0.6 is 12.4 Å². The van der Waals surface area contributed by atoms with Crippen molar-refractivity contribution in [3.8, 4) is 0 Å². The number of nitrogens with one attached hydrogen (secondary N) is 2. The molecule has 1 aromatic carbocycles. The van der Waals surface area contributed by atoms with Crippen LogP contribution in [0.3, 0.4) is 0 Å². The summed E-state index contributed by atoms with van der Waals surface area (Å²) < 4.78 is 25.2. The van der Waals surface area contributed by atoms with Gasteiger partial charge in [0.15, 0.2) is 0 Å². The summed E-state index contributed by atoms with van der Waals surface area (Å²) in [5.41, 5.74) is 1.22. The SMILES string of the molecule is CNCC(C)C(=O)Nc1cccc(N2CCCS2(=O)=O)c1.Cl. The first kappa shape index (κ1) is 18.7. The number of benzene rings is 1. The average molecular weight is 348 g/mol. The van der Waals surface area contributed by atoms with Gasteiger partial charge in [0, 0.05) is 24.7 Å². The smallest absolute Gasteiger partial charge is 0.235 e. The van der Waals surface area contributed by atoms with E-state index in [9.17, 15) is 13.2 Å². The fourth-order valence-electron chi connectivity index (χ4n) is 2.33. The number of nitrogens with zero attached hydrogens (tertiary/aromatic N) is 1. The number of carbonyl (C=O) groups is 1. The Bertz CT molecular complexity index is 622. The third-order valence-corrected chi connectivity index (χ3v) is 5.33. The van der Waals surface area contributed by atoms with Crippen LogP contribution in [0.4, 0.5) is 11.4 Å². The normalized spacial score (nSPS) is 17.6. The fourth-order valence-corrected chi connectivity index (χ4v) is 3.89. The van der Waals surface area contributed by atoms with Crippen LogP contribution in [-0.2, 0) is 14.8 Å². The summed E-state index contributed by atoms with van der Waals surface area (Å²) in [7, 11) is -1.41. The predicted molar refractivity (Wildman–Crippen MR) is 91.2 cm³/mol. The van der Waals surface area contributed by atoms with Crippen LogP contribution in [-0.4, -0.2) is 40.2 Å². The molecule has 22 heavy (non-hydrogen) atoms. The van der Waals surface area contributed by atoms with Crippen LogP contribution in [0, 0.1) is 5.92 Å². The molecular formula is C14H22ClN3O3S. The van der Waals surface area contributed by atoms with E-state index in [2.05, 4.69) is 10.6 Å². The minimum atomic E-state index is -3.20. The Hall–Kier alpha value is -1.31. The largest absolute Gasteiger partial charge is 0.326 e. The molecule has 2 rings (SSSR count). The highest BCUT2D eigenvalue weighted by molar-refractivity contribution is 7.93. The highest BCUT2D eigenvalue weighted by Crippen LogP contribution is 2.26. The number of amides is 1. The lowest BCUT2D eigenvalue weighted by molar-refractivity contribution is -0.119. The maximum Gasteiger partial charge on any atom is 0.235 e. The summed E-state index contributed by atoms with van der Waals surface area (Å²) in [6.45, 7) is 2.92. The molecule has 1 saturated heterocycles. The Kier molecular flexibility index (Phi) is 6.65. The van der Waals surface area contributed by atoms with Crippen molar-refractivity contribution >= 4 is 39.7 Å². The molecule has 1 unspecified atom stereocenters. The molecule has 0 spiro atoms. The third kappa shape index (κ3) is 4.34. The lowest BCUT2D eigenvalue weighted by Crippen LogP contribution is -2.29. The number of anilines is 2. The average Bonchev–Trinajstić information content (AvgIpc) is 2.79. The van der Waals surface area contributed by atoms with Crippen molar-refractivity contribution in [3.05, 3.63) is 24.3 Å². The summed E-state index contributed by atoms with van der Waals surface area (Å²) in [6.07, 6.45) is 0.637. The molecule has 0 saturated carbocycles. The van der Waals surface area contributed by atoms with E-state index in [0.717, 1.165) is 0 Å². The van der Waals surface area contributed by atoms with Crippen LogP contribution < -0.4 is 14.9 Å². The quantitative estimate of drug-likeness (QED) is 0.844. The van der Waals surface area contributed by atoms with E-state index in [0.29, 0.717) is 30.9 Å². The molecule has 0 aliphatic carbocycles. The van der Waals surface area contributed by atoms with Gasteiger partial charge in [0.25, 0.3) is 0 Å². The zero-order valence-electron chi connectivity index (χ0n) is 12.7. The third-order valence-electron chi connectivity index (χ3n) is 3.46. The molecule has 0 bridgehead atoms. The molecular weight excluding hydrogens is 326 g/mol. The van der Waals surface area contributed by atoms with Gasteiger partial charge in [0.05, 0.1) is 11.4 Å². The van der Waals surface area contributed by atoms with E-state index in [4.69, 9.17) is 0 Å². The van der Waals surface area contributed by atoms with E-state index in [1.807, 2.05) is 6.92 Å². The molecule has 1 fully saturated rings. The molecule has 1 amide bonds. The highest BCUT2D eigenvalue weighted by Gasteiger charge is 2.28. The monoisotopic (exact) mass is 347 g/mol. The second kappa shape index (κ2) is 7.80. The summed E-state index contributed by atoms with van der Waals surface area (Å²) in [4.78, 5) is 12.0. The molecule has 124 valence electrons. The van der Waals surface area contributed by atoms with Gasteiger partial charge in [0.1, 0.15) is 0 Å². The maximum atomic E-state index is 12.0. The van der Waals surface area contributed by atoms with Gasteiger partial charge in [-0.2, -0.15) is 0 Å². The van der Waals surface area contributed by atoms with Crippen molar-refractivity contribution < 1.29 is 13.2 Å². The van der Waals surface area contributed by atoms with Gasteiger partial charge in [-0.05, 0) is 31.7 Å². The van der Waals surface area contributed by atoms with Crippen molar-refractivity contribution in [1.82, 2.24) is 5.32 Å². The maximum absolute atomic E-state index is 12.0. The minimum Gasteiger partial charge on any atom is -0.326 e. The van der Waals surface area contributed by atoms with E-state index in [1.54, 1.807) is 31.3 Å². The Labute approximate surface area is 137 Å². The highest BCUT2D eigenvalue weighted by atomic mass is 35.5.